The van der Waals surface area contributed by atoms with E-state index in [1.807, 2.05) is 54.6 Å². The Labute approximate surface area is 284 Å². The first-order chi connectivity index (χ1) is 21.5. The number of nitrogens with zero attached hydrogens (tertiary/aromatic N) is 3. The van der Waals surface area contributed by atoms with Crippen LogP contribution in [0.15, 0.2) is 83.8 Å². The number of likely N-dealkylation sites (N-methyl/N-ethyl adjacent to an activating group) is 1. The van der Waals surface area contributed by atoms with E-state index in [0.29, 0.717) is 26.3 Å². The van der Waals surface area contributed by atoms with Gasteiger partial charge in [-0.1, -0.05) is 78.2 Å². The van der Waals surface area contributed by atoms with E-state index in [2.05, 4.69) is 6.07 Å². The lowest BCUT2D eigenvalue weighted by atomic mass is 9.79. The average Bonchev–Trinajstić information content (AvgIpc) is 3.60. The van der Waals surface area contributed by atoms with Crippen molar-refractivity contribution in [3.05, 3.63) is 84.4 Å². The first-order valence-corrected chi connectivity index (χ1v) is 17.1. The number of nitriles is 1. The summed E-state index contributed by atoms with van der Waals surface area (Å²) in [6, 6.07) is 25.5. The zero-order valence-electron chi connectivity index (χ0n) is 24.4. The minimum atomic E-state index is -1.57. The Hall–Kier alpha value is -3.28. The van der Waals surface area contributed by atoms with Crippen molar-refractivity contribution in [3.63, 3.8) is 0 Å². The van der Waals surface area contributed by atoms with E-state index in [1.54, 1.807) is 50.1 Å². The number of piperazine rings is 1. The fourth-order valence-corrected chi connectivity index (χ4v) is 10.6. The summed E-state index contributed by atoms with van der Waals surface area (Å²) in [5, 5.41) is 10.7. The Bertz CT molecular complexity index is 1740. The zero-order chi connectivity index (χ0) is 32.0. The highest BCUT2D eigenvalue weighted by atomic mass is 32.2. The molecule has 3 aromatic carbocycles. The minimum absolute atomic E-state index is 0.0113. The summed E-state index contributed by atoms with van der Waals surface area (Å²) in [5.74, 6) is 0.822. The number of rotatable bonds is 5. The topological polar surface area (TPSA) is 92.1 Å². The van der Waals surface area contributed by atoms with Crippen LogP contribution in [0.25, 0.3) is 0 Å². The largest absolute Gasteiger partial charge is 0.454 e. The third-order valence-corrected chi connectivity index (χ3v) is 12.3. The third-order valence-electron chi connectivity index (χ3n) is 8.14. The minimum Gasteiger partial charge on any atom is -0.454 e. The SMILES string of the molecule is CN1C(=O)C2(SC(=S)Oc3ccccc3)C[C@](C)(C#N)C(c3ccc4c(c3)OCO4)N2C(=O)[C@]1(C)SC(=S)Sc1ccccc1. The van der Waals surface area contributed by atoms with E-state index in [9.17, 15) is 10.1 Å². The monoisotopic (exact) mass is 693 g/mol. The predicted octanol–water partition coefficient (Wildman–Crippen LogP) is 7.01. The molecule has 2 saturated heterocycles. The van der Waals surface area contributed by atoms with Gasteiger partial charge in [0.15, 0.2) is 21.2 Å². The molecule has 2 fully saturated rings. The number of hydrogen-bond acceptors (Lipinski definition) is 11. The number of amides is 2. The van der Waals surface area contributed by atoms with E-state index >= 15 is 4.79 Å². The van der Waals surface area contributed by atoms with Crippen LogP contribution < -0.4 is 14.2 Å². The van der Waals surface area contributed by atoms with E-state index in [1.165, 1.54) is 16.7 Å². The molecule has 8 nitrogen and oxygen atoms in total. The third kappa shape index (κ3) is 5.57. The number of para-hydroxylation sites is 1. The molecule has 230 valence electrons. The highest BCUT2D eigenvalue weighted by Crippen LogP contribution is 2.63. The molecule has 0 spiro atoms. The maximum absolute atomic E-state index is 15.0. The molecule has 0 saturated carbocycles. The Balaban J connectivity index is 1.44. The average molecular weight is 694 g/mol. The van der Waals surface area contributed by atoms with Gasteiger partial charge in [-0.2, -0.15) is 5.26 Å². The number of ether oxygens (including phenoxy) is 3. The van der Waals surface area contributed by atoms with Gasteiger partial charge in [-0.25, -0.2) is 0 Å². The van der Waals surface area contributed by atoms with E-state index < -0.39 is 21.2 Å². The second-order valence-electron chi connectivity index (χ2n) is 11.1. The van der Waals surface area contributed by atoms with Crippen LogP contribution in [-0.4, -0.2) is 53.1 Å². The van der Waals surface area contributed by atoms with Crippen LogP contribution in [0.5, 0.6) is 17.2 Å². The summed E-state index contributed by atoms with van der Waals surface area (Å²) in [6.07, 6.45) is 0.0113. The molecule has 0 radical (unpaired) electrons. The van der Waals surface area contributed by atoms with Crippen LogP contribution >= 0.6 is 59.7 Å². The number of thiocarbonyl (C=S) groups is 2. The van der Waals surface area contributed by atoms with Gasteiger partial charge in [0.25, 0.3) is 11.8 Å². The normalized spacial score (nSPS) is 26.8. The number of benzene rings is 3. The molecular weight excluding hydrogens is 667 g/mol. The summed E-state index contributed by atoms with van der Waals surface area (Å²) >= 11 is 14.9. The van der Waals surface area contributed by atoms with Crippen molar-refractivity contribution in [1.29, 1.82) is 5.26 Å². The van der Waals surface area contributed by atoms with Gasteiger partial charge in [-0.3, -0.25) is 9.59 Å². The van der Waals surface area contributed by atoms with Crippen LogP contribution in [0.1, 0.15) is 31.9 Å². The van der Waals surface area contributed by atoms with Crippen molar-refractivity contribution in [1.82, 2.24) is 9.80 Å². The van der Waals surface area contributed by atoms with E-state index in [-0.39, 0.29) is 29.4 Å². The fraction of sp³-hybridized carbons (Fsp3) is 0.281. The number of hydrogen-bond donors (Lipinski definition) is 0. The number of fused-ring (bicyclic) bond motifs is 2. The van der Waals surface area contributed by atoms with Crippen molar-refractivity contribution in [2.45, 2.75) is 40.9 Å². The Morgan fingerprint density at radius 3 is 2.31 bits per heavy atom. The Morgan fingerprint density at radius 1 is 0.956 bits per heavy atom. The smallest absolute Gasteiger partial charge is 0.261 e. The highest BCUT2D eigenvalue weighted by Gasteiger charge is 2.71. The van der Waals surface area contributed by atoms with Crippen molar-refractivity contribution in [2.75, 3.05) is 13.8 Å². The molecule has 3 aliphatic rings. The molecule has 45 heavy (non-hydrogen) atoms. The Morgan fingerprint density at radius 2 is 1.62 bits per heavy atom. The first-order valence-electron chi connectivity index (χ1n) is 13.9. The van der Waals surface area contributed by atoms with Gasteiger partial charge in [0, 0.05) is 18.4 Å². The molecule has 3 heterocycles. The van der Waals surface area contributed by atoms with Gasteiger partial charge in [-0.15, -0.1) is 0 Å². The molecule has 2 unspecified atom stereocenters. The second-order valence-corrected chi connectivity index (χ2v) is 16.6. The lowest BCUT2D eigenvalue weighted by Gasteiger charge is -2.53. The van der Waals surface area contributed by atoms with Crippen molar-refractivity contribution >= 4 is 79.4 Å². The van der Waals surface area contributed by atoms with Gasteiger partial charge in [0.2, 0.25) is 11.2 Å². The summed E-state index contributed by atoms with van der Waals surface area (Å²) in [6.45, 7) is 3.54. The molecule has 4 atom stereocenters. The zero-order valence-corrected chi connectivity index (χ0v) is 28.5. The summed E-state index contributed by atoms with van der Waals surface area (Å²) in [7, 11) is 1.60. The molecule has 0 bridgehead atoms. The van der Waals surface area contributed by atoms with Gasteiger partial charge in [0.1, 0.15) is 9.28 Å². The molecule has 0 N–H and O–H groups in total. The van der Waals surface area contributed by atoms with Crippen LogP contribution in [0.3, 0.4) is 0 Å². The Kier molecular flexibility index (Phi) is 8.56. The molecule has 13 heteroatoms. The molecular formula is C32H27N3O5S5. The van der Waals surface area contributed by atoms with Crippen LogP contribution in [0, 0.1) is 16.7 Å². The quantitative estimate of drug-likeness (QED) is 0.204. The summed E-state index contributed by atoms with van der Waals surface area (Å²) < 4.78 is 17.7. The maximum atomic E-state index is 15.0. The van der Waals surface area contributed by atoms with Crippen molar-refractivity contribution < 1.29 is 23.8 Å². The van der Waals surface area contributed by atoms with Gasteiger partial charge in [0.05, 0.1) is 17.5 Å². The lowest BCUT2D eigenvalue weighted by Crippen LogP contribution is -2.71. The van der Waals surface area contributed by atoms with E-state index in [0.717, 1.165) is 28.4 Å². The van der Waals surface area contributed by atoms with Crippen molar-refractivity contribution in [2.24, 2.45) is 5.41 Å². The lowest BCUT2D eigenvalue weighted by molar-refractivity contribution is -0.163. The standard InChI is InChI=1S/C32H27N3O5S5/c1-30(18-33)17-32(44-28(41)40-21-10-6-4-7-11-21)27(37)34(3)31(2,45-29(42)43-22-12-8-5-9-13-22)26(36)35(32)25(30)20-14-15-23-24(16-20)39-19-38-23/h4-16,25H,17,19H2,1-3H3/t25?,30-,31+,32?/m1/s1. The second kappa shape index (κ2) is 12.1. The van der Waals surface area contributed by atoms with Crippen LogP contribution in [0.2, 0.25) is 0 Å². The molecule has 3 aliphatic heterocycles. The summed E-state index contributed by atoms with van der Waals surface area (Å²) in [5.41, 5.74) is -0.551. The maximum Gasteiger partial charge on any atom is 0.261 e. The van der Waals surface area contributed by atoms with E-state index in [4.69, 9.17) is 38.6 Å². The van der Waals surface area contributed by atoms with Crippen molar-refractivity contribution in [3.8, 4) is 23.3 Å². The molecule has 0 aliphatic carbocycles. The number of carbonyl (C=O) groups is 2. The molecule has 2 amide bonds. The van der Waals surface area contributed by atoms with Crippen LogP contribution in [0.4, 0.5) is 0 Å². The molecule has 6 rings (SSSR count). The summed E-state index contributed by atoms with van der Waals surface area (Å²) in [4.78, 5) is 30.7. The molecule has 3 aromatic rings. The van der Waals surface area contributed by atoms with Gasteiger partial charge in [-0.05, 0) is 79.8 Å². The highest BCUT2D eigenvalue weighted by molar-refractivity contribution is 8.47. The predicted molar refractivity (Wildman–Crippen MR) is 184 cm³/mol. The van der Waals surface area contributed by atoms with Crippen LogP contribution in [-0.2, 0) is 9.59 Å². The number of thioether (sulfide) groups is 3. The number of carbonyl (C=O) groups excluding carboxylic acids is 2. The van der Waals surface area contributed by atoms with Gasteiger partial charge < -0.3 is 24.0 Å². The van der Waals surface area contributed by atoms with Gasteiger partial charge >= 0.3 is 0 Å². The fourth-order valence-electron chi connectivity index (χ4n) is 5.91. The first kappa shape index (κ1) is 31.7. The molecule has 0 aromatic heterocycles.